The van der Waals surface area contributed by atoms with Gasteiger partial charge in [0, 0.05) is 57.7 Å². The molecule has 4 aliphatic rings. The van der Waals surface area contributed by atoms with Gasteiger partial charge >= 0.3 is 0 Å². The van der Waals surface area contributed by atoms with E-state index in [1.165, 1.54) is 4.90 Å². The molecular weight excluding hydrogens is 532 g/mol. The molecule has 4 saturated heterocycles. The second-order valence-corrected chi connectivity index (χ2v) is 11.1. The average molecular weight is 569 g/mol. The molecule has 4 heterocycles. The first-order valence-corrected chi connectivity index (χ1v) is 13.5. The Morgan fingerprint density at radius 2 is 1.89 bits per heavy atom. The fourth-order valence-corrected chi connectivity index (χ4v) is 7.23. The average Bonchev–Trinajstić information content (AvgIpc) is 3.45. The molecule has 3 unspecified atom stereocenters. The van der Waals surface area contributed by atoms with E-state index in [9.17, 15) is 19.5 Å². The van der Waals surface area contributed by atoms with E-state index in [-0.39, 0.29) is 35.7 Å². The third-order valence-corrected chi connectivity index (χ3v) is 8.72. The highest BCUT2D eigenvalue weighted by Crippen LogP contribution is 2.60. The van der Waals surface area contributed by atoms with Crippen molar-refractivity contribution < 1.29 is 29.0 Å². The zero-order chi connectivity index (χ0) is 26.0. The maximum absolute atomic E-state index is 14.1. The summed E-state index contributed by atoms with van der Waals surface area (Å²) in [6.45, 7) is 12.0. The smallest absolute Gasteiger partial charge is 0.248 e. The van der Waals surface area contributed by atoms with Crippen LogP contribution in [-0.2, 0) is 23.9 Å². The standard InChI is InChI=1S/C25H37BrN4O6/c1-4-6-27(3)22(32)18-19-23(33)30(10-13-31)21(25(19)16-17(26)20(18)36-25)24(34)29(7-5-2)9-8-28-11-14-35-15-12-28/h4-5,17-21,31H,1-2,6-16H2,3H3/t17?,18-,19-,20-,21?,25?/m0/s1. The molecule has 1 spiro atoms. The minimum Gasteiger partial charge on any atom is -0.395 e. The number of morpholine rings is 1. The van der Waals surface area contributed by atoms with Crippen molar-refractivity contribution in [1.82, 2.24) is 19.6 Å². The number of β-amino-alcohol motifs (C(OH)–C–C–N with tert-alkyl or cyclic N) is 1. The highest BCUT2D eigenvalue weighted by molar-refractivity contribution is 9.09. The van der Waals surface area contributed by atoms with Crippen LogP contribution in [0.5, 0.6) is 0 Å². The quantitative estimate of drug-likeness (QED) is 0.270. The molecule has 4 rings (SSSR count). The van der Waals surface area contributed by atoms with Crippen molar-refractivity contribution in [2.75, 3.05) is 72.7 Å². The molecule has 1 N–H and O–H groups in total. The van der Waals surface area contributed by atoms with Gasteiger partial charge < -0.3 is 29.3 Å². The fourth-order valence-electron chi connectivity index (χ4n) is 6.28. The van der Waals surface area contributed by atoms with Gasteiger partial charge in [0.05, 0.1) is 37.8 Å². The molecule has 4 fully saturated rings. The number of hydrogen-bond donors (Lipinski definition) is 1. The number of amides is 3. The lowest BCUT2D eigenvalue weighted by Crippen LogP contribution is -2.58. The maximum atomic E-state index is 14.1. The van der Waals surface area contributed by atoms with Gasteiger partial charge in [-0.3, -0.25) is 19.3 Å². The molecule has 0 radical (unpaired) electrons. The summed E-state index contributed by atoms with van der Waals surface area (Å²) >= 11 is 3.67. The molecule has 0 aromatic rings. The fraction of sp³-hybridized carbons (Fsp3) is 0.720. The van der Waals surface area contributed by atoms with Crippen LogP contribution >= 0.6 is 15.9 Å². The molecule has 0 aliphatic carbocycles. The van der Waals surface area contributed by atoms with Gasteiger partial charge in [0.2, 0.25) is 17.7 Å². The van der Waals surface area contributed by atoms with E-state index in [1.54, 1.807) is 29.0 Å². The minimum atomic E-state index is -1.13. The Labute approximate surface area is 221 Å². The lowest BCUT2D eigenvalue weighted by Gasteiger charge is -2.38. The van der Waals surface area contributed by atoms with E-state index < -0.39 is 29.6 Å². The van der Waals surface area contributed by atoms with Crippen LogP contribution in [0.25, 0.3) is 0 Å². The number of nitrogens with zero attached hydrogens (tertiary/aromatic N) is 4. The number of alkyl halides is 1. The van der Waals surface area contributed by atoms with Gasteiger partial charge in [-0.25, -0.2) is 0 Å². The van der Waals surface area contributed by atoms with Crippen molar-refractivity contribution in [3.05, 3.63) is 25.3 Å². The highest BCUT2D eigenvalue weighted by atomic mass is 79.9. The molecule has 4 aliphatic heterocycles. The summed E-state index contributed by atoms with van der Waals surface area (Å²) in [6, 6.07) is -0.917. The largest absolute Gasteiger partial charge is 0.395 e. The van der Waals surface area contributed by atoms with Crippen LogP contribution in [0.4, 0.5) is 0 Å². The number of carbonyl (C=O) groups is 3. The molecule has 3 amide bonds. The number of fused-ring (bicyclic) bond motifs is 1. The van der Waals surface area contributed by atoms with Gasteiger partial charge in [-0.2, -0.15) is 0 Å². The van der Waals surface area contributed by atoms with Gasteiger partial charge in [-0.05, 0) is 6.42 Å². The molecule has 0 aromatic carbocycles. The number of halogens is 1. The predicted octanol–water partition coefficient (Wildman–Crippen LogP) is -0.282. The second-order valence-electron chi connectivity index (χ2n) is 9.95. The van der Waals surface area contributed by atoms with Gasteiger partial charge in [0.25, 0.3) is 0 Å². The molecule has 2 bridgehead atoms. The number of likely N-dealkylation sites (N-methyl/N-ethyl adjacent to an activating group) is 1. The van der Waals surface area contributed by atoms with Gasteiger partial charge in [-0.1, -0.05) is 28.1 Å². The Morgan fingerprint density at radius 3 is 2.53 bits per heavy atom. The lowest BCUT2D eigenvalue weighted by molar-refractivity contribution is -0.149. The van der Waals surface area contributed by atoms with Crippen LogP contribution in [0.2, 0.25) is 0 Å². The Bertz CT molecular complexity index is 883. The third-order valence-electron chi connectivity index (χ3n) is 7.88. The summed E-state index contributed by atoms with van der Waals surface area (Å²) in [6.07, 6.45) is 3.24. The van der Waals surface area contributed by atoms with Crippen molar-refractivity contribution >= 4 is 33.7 Å². The van der Waals surface area contributed by atoms with Crippen molar-refractivity contribution in [3.8, 4) is 0 Å². The Hall–Kier alpha value is -1.79. The monoisotopic (exact) mass is 568 g/mol. The first kappa shape index (κ1) is 27.3. The summed E-state index contributed by atoms with van der Waals surface area (Å²) in [5.41, 5.74) is -1.13. The highest BCUT2D eigenvalue weighted by Gasteiger charge is 2.76. The van der Waals surface area contributed by atoms with Crippen LogP contribution in [0, 0.1) is 11.8 Å². The van der Waals surface area contributed by atoms with E-state index in [0.717, 1.165) is 13.1 Å². The summed E-state index contributed by atoms with van der Waals surface area (Å²) in [4.78, 5) is 48.1. The maximum Gasteiger partial charge on any atom is 0.248 e. The topological polar surface area (TPSA) is 103 Å². The zero-order valence-corrected chi connectivity index (χ0v) is 22.5. The molecule has 36 heavy (non-hydrogen) atoms. The van der Waals surface area contributed by atoms with E-state index in [4.69, 9.17) is 9.47 Å². The molecule has 6 atom stereocenters. The van der Waals surface area contributed by atoms with Crippen LogP contribution < -0.4 is 0 Å². The first-order chi connectivity index (χ1) is 17.3. The van der Waals surface area contributed by atoms with E-state index >= 15 is 0 Å². The number of aliphatic hydroxyl groups excluding tert-OH is 1. The van der Waals surface area contributed by atoms with Crippen LogP contribution in [0.3, 0.4) is 0 Å². The molecule has 0 saturated carbocycles. The van der Waals surface area contributed by atoms with Crippen molar-refractivity contribution in [3.63, 3.8) is 0 Å². The second kappa shape index (κ2) is 11.3. The number of aliphatic hydroxyl groups is 1. The van der Waals surface area contributed by atoms with Crippen LogP contribution in [0.15, 0.2) is 25.3 Å². The van der Waals surface area contributed by atoms with Crippen molar-refractivity contribution in [2.24, 2.45) is 11.8 Å². The predicted molar refractivity (Wildman–Crippen MR) is 136 cm³/mol. The summed E-state index contributed by atoms with van der Waals surface area (Å²) in [7, 11) is 1.68. The Kier molecular flexibility index (Phi) is 8.56. The van der Waals surface area contributed by atoms with Crippen molar-refractivity contribution in [1.29, 1.82) is 0 Å². The molecular formula is C25H37BrN4O6. The van der Waals surface area contributed by atoms with Gasteiger partial charge in [0.15, 0.2) is 0 Å². The number of rotatable bonds is 11. The minimum absolute atomic E-state index is 0.00324. The third kappa shape index (κ3) is 4.64. The van der Waals surface area contributed by atoms with Gasteiger partial charge in [-0.15, -0.1) is 13.2 Å². The van der Waals surface area contributed by atoms with Crippen molar-refractivity contribution in [2.45, 2.75) is 29.0 Å². The Balaban J connectivity index is 1.64. The normalized spacial score (nSPS) is 33.5. The van der Waals surface area contributed by atoms with E-state index in [1.807, 2.05) is 0 Å². The number of likely N-dealkylation sites (tertiary alicyclic amines) is 1. The SMILES string of the molecule is C=CCN(C)C(=O)[C@H]1[C@H]2C(=O)N(CCO)C(C(=O)N(CC=C)CCN3CCOCC3)C23CC(Br)[C@@H]1O3. The molecule has 0 aromatic heterocycles. The number of ether oxygens (including phenoxy) is 2. The van der Waals surface area contributed by atoms with Gasteiger partial charge in [0.1, 0.15) is 11.6 Å². The zero-order valence-electron chi connectivity index (χ0n) is 20.9. The van der Waals surface area contributed by atoms with E-state index in [2.05, 4.69) is 34.0 Å². The van der Waals surface area contributed by atoms with Crippen LogP contribution in [-0.4, -0.2) is 138 Å². The molecule has 11 heteroatoms. The summed E-state index contributed by atoms with van der Waals surface area (Å²) in [5.74, 6) is -2.22. The van der Waals surface area contributed by atoms with Crippen LogP contribution in [0.1, 0.15) is 6.42 Å². The number of hydrogen-bond acceptors (Lipinski definition) is 7. The molecule has 10 nitrogen and oxygen atoms in total. The number of carbonyl (C=O) groups excluding carboxylic acids is 3. The first-order valence-electron chi connectivity index (χ1n) is 12.6. The Morgan fingerprint density at radius 1 is 1.19 bits per heavy atom. The van der Waals surface area contributed by atoms with E-state index in [0.29, 0.717) is 45.8 Å². The lowest BCUT2D eigenvalue weighted by atomic mass is 9.70. The summed E-state index contributed by atoms with van der Waals surface area (Å²) < 4.78 is 11.9. The summed E-state index contributed by atoms with van der Waals surface area (Å²) in [5, 5.41) is 9.79. The molecule has 200 valence electrons.